The van der Waals surface area contributed by atoms with E-state index in [4.69, 9.17) is 14.2 Å². The van der Waals surface area contributed by atoms with Gasteiger partial charge in [-0.05, 0) is 17.7 Å². The summed E-state index contributed by atoms with van der Waals surface area (Å²) in [7, 11) is 1.70. The topological polar surface area (TPSA) is 30.9 Å². The van der Waals surface area contributed by atoms with Crippen molar-refractivity contribution in [1.29, 1.82) is 0 Å². The van der Waals surface area contributed by atoms with Crippen molar-refractivity contribution in [3.63, 3.8) is 0 Å². The van der Waals surface area contributed by atoms with Gasteiger partial charge in [-0.15, -0.1) is 0 Å². The van der Waals surface area contributed by atoms with Crippen LogP contribution in [0.2, 0.25) is 0 Å². The average molecular weight is 249 g/mol. The number of hydrogen-bond acceptors (Lipinski definition) is 4. The summed E-state index contributed by atoms with van der Waals surface area (Å²) in [6.07, 6.45) is 0.969. The van der Waals surface area contributed by atoms with Crippen molar-refractivity contribution >= 4 is 0 Å². The Bertz CT molecular complexity index is 415. The van der Waals surface area contributed by atoms with Crippen LogP contribution in [0.4, 0.5) is 0 Å². The van der Waals surface area contributed by atoms with Crippen LogP contribution in [0.1, 0.15) is 12.0 Å². The van der Waals surface area contributed by atoms with Gasteiger partial charge in [0.1, 0.15) is 5.75 Å². The van der Waals surface area contributed by atoms with Gasteiger partial charge in [-0.2, -0.15) is 0 Å². The number of ether oxygens (including phenoxy) is 3. The molecule has 0 unspecified atom stereocenters. The fourth-order valence-corrected chi connectivity index (χ4v) is 2.72. The molecule has 0 bridgehead atoms. The number of benzene rings is 1. The maximum Gasteiger partial charge on any atom is 0.182 e. The van der Waals surface area contributed by atoms with Crippen molar-refractivity contribution in [3.8, 4) is 5.75 Å². The van der Waals surface area contributed by atoms with Crippen molar-refractivity contribution in [2.24, 2.45) is 0 Å². The summed E-state index contributed by atoms with van der Waals surface area (Å²) in [6, 6.07) is 8.21. The molecule has 0 N–H and O–H groups in total. The molecule has 1 spiro atoms. The second kappa shape index (κ2) is 4.88. The van der Waals surface area contributed by atoms with Crippen LogP contribution in [0.5, 0.6) is 5.75 Å². The van der Waals surface area contributed by atoms with Gasteiger partial charge in [0.2, 0.25) is 0 Å². The Morgan fingerprint density at radius 1 is 1.33 bits per heavy atom. The maximum absolute atomic E-state index is 5.73. The fourth-order valence-electron chi connectivity index (χ4n) is 2.72. The SMILES string of the molecule is COc1cccc(CN2CCC3(C2)OCCO3)c1. The predicted molar refractivity (Wildman–Crippen MR) is 67.5 cm³/mol. The number of methoxy groups -OCH3 is 1. The lowest BCUT2D eigenvalue weighted by atomic mass is 10.2. The zero-order chi connectivity index (χ0) is 12.4. The average Bonchev–Trinajstić information content (AvgIpc) is 3.01. The molecule has 0 aliphatic carbocycles. The molecule has 98 valence electrons. The van der Waals surface area contributed by atoms with Gasteiger partial charge in [0.25, 0.3) is 0 Å². The molecule has 2 aliphatic rings. The van der Waals surface area contributed by atoms with E-state index >= 15 is 0 Å². The Morgan fingerprint density at radius 2 is 2.17 bits per heavy atom. The maximum atomic E-state index is 5.73. The second-order valence-electron chi connectivity index (χ2n) is 4.92. The van der Waals surface area contributed by atoms with Crippen molar-refractivity contribution in [3.05, 3.63) is 29.8 Å². The van der Waals surface area contributed by atoms with Gasteiger partial charge in [0.05, 0.1) is 26.9 Å². The van der Waals surface area contributed by atoms with E-state index in [2.05, 4.69) is 17.0 Å². The highest BCUT2D eigenvalue weighted by molar-refractivity contribution is 5.28. The van der Waals surface area contributed by atoms with Crippen LogP contribution < -0.4 is 4.74 Å². The van der Waals surface area contributed by atoms with Crippen molar-refractivity contribution < 1.29 is 14.2 Å². The summed E-state index contributed by atoms with van der Waals surface area (Å²) < 4.78 is 16.7. The molecule has 0 atom stereocenters. The van der Waals surface area contributed by atoms with Crippen LogP contribution in [-0.2, 0) is 16.0 Å². The van der Waals surface area contributed by atoms with Gasteiger partial charge in [0.15, 0.2) is 5.79 Å². The van der Waals surface area contributed by atoms with Gasteiger partial charge >= 0.3 is 0 Å². The largest absolute Gasteiger partial charge is 0.497 e. The minimum atomic E-state index is -0.321. The predicted octanol–water partition coefficient (Wildman–Crippen LogP) is 1.64. The summed E-state index contributed by atoms with van der Waals surface area (Å²) in [5.74, 6) is 0.591. The van der Waals surface area contributed by atoms with Crippen LogP contribution in [0.3, 0.4) is 0 Å². The first-order chi connectivity index (χ1) is 8.80. The molecule has 4 nitrogen and oxygen atoms in total. The van der Waals surface area contributed by atoms with Crippen molar-refractivity contribution in [2.45, 2.75) is 18.8 Å². The highest BCUT2D eigenvalue weighted by atomic mass is 16.7. The summed E-state index contributed by atoms with van der Waals surface area (Å²) in [5.41, 5.74) is 1.27. The third-order valence-corrected chi connectivity index (χ3v) is 3.63. The van der Waals surface area contributed by atoms with E-state index in [1.807, 2.05) is 12.1 Å². The number of rotatable bonds is 3. The molecule has 2 fully saturated rings. The quantitative estimate of drug-likeness (QED) is 0.815. The van der Waals surface area contributed by atoms with E-state index in [9.17, 15) is 0 Å². The van der Waals surface area contributed by atoms with E-state index in [-0.39, 0.29) is 5.79 Å². The van der Waals surface area contributed by atoms with E-state index in [0.29, 0.717) is 0 Å². The number of nitrogens with zero attached hydrogens (tertiary/aromatic N) is 1. The lowest BCUT2D eigenvalue weighted by Gasteiger charge is -2.22. The second-order valence-corrected chi connectivity index (χ2v) is 4.92. The molecular formula is C14H19NO3. The molecule has 2 saturated heterocycles. The molecule has 0 saturated carbocycles. The van der Waals surface area contributed by atoms with E-state index in [1.54, 1.807) is 7.11 Å². The number of likely N-dealkylation sites (tertiary alicyclic amines) is 1. The first-order valence-electron chi connectivity index (χ1n) is 6.43. The Balaban J connectivity index is 1.63. The fraction of sp³-hybridized carbons (Fsp3) is 0.571. The van der Waals surface area contributed by atoms with Crippen LogP contribution in [0.15, 0.2) is 24.3 Å². The summed E-state index contributed by atoms with van der Waals surface area (Å²) in [4.78, 5) is 2.38. The van der Waals surface area contributed by atoms with Crippen LogP contribution >= 0.6 is 0 Å². The van der Waals surface area contributed by atoms with Crippen LogP contribution in [0.25, 0.3) is 0 Å². The molecule has 3 rings (SSSR count). The monoisotopic (exact) mass is 249 g/mol. The Labute approximate surface area is 107 Å². The molecule has 1 aromatic carbocycles. The van der Waals surface area contributed by atoms with Gasteiger partial charge < -0.3 is 14.2 Å². The van der Waals surface area contributed by atoms with Crippen LogP contribution in [-0.4, -0.2) is 44.1 Å². The van der Waals surface area contributed by atoms with Gasteiger partial charge in [-0.25, -0.2) is 0 Å². The Morgan fingerprint density at radius 3 is 2.94 bits per heavy atom. The first kappa shape index (κ1) is 12.0. The highest BCUT2D eigenvalue weighted by Crippen LogP contribution is 2.31. The minimum absolute atomic E-state index is 0.321. The van der Waals surface area contributed by atoms with E-state index in [1.165, 1.54) is 5.56 Å². The minimum Gasteiger partial charge on any atom is -0.497 e. The molecule has 4 heteroatoms. The van der Waals surface area contributed by atoms with Gasteiger partial charge in [0, 0.05) is 19.5 Å². The van der Waals surface area contributed by atoms with Gasteiger partial charge in [-0.1, -0.05) is 12.1 Å². The molecule has 0 aromatic heterocycles. The zero-order valence-corrected chi connectivity index (χ0v) is 10.7. The van der Waals surface area contributed by atoms with E-state index < -0.39 is 0 Å². The smallest absolute Gasteiger partial charge is 0.182 e. The third-order valence-electron chi connectivity index (χ3n) is 3.63. The third kappa shape index (κ3) is 2.36. The van der Waals surface area contributed by atoms with E-state index in [0.717, 1.165) is 45.0 Å². The zero-order valence-electron chi connectivity index (χ0n) is 10.7. The molecule has 2 heterocycles. The molecule has 1 aromatic rings. The summed E-state index contributed by atoms with van der Waals surface area (Å²) >= 11 is 0. The molecule has 18 heavy (non-hydrogen) atoms. The molecule has 0 amide bonds. The summed E-state index contributed by atoms with van der Waals surface area (Å²) in [6.45, 7) is 4.27. The van der Waals surface area contributed by atoms with Crippen LogP contribution in [0, 0.1) is 0 Å². The lowest BCUT2D eigenvalue weighted by molar-refractivity contribution is -0.145. The van der Waals surface area contributed by atoms with Crippen molar-refractivity contribution in [1.82, 2.24) is 4.90 Å². The summed E-state index contributed by atoms with van der Waals surface area (Å²) in [5, 5.41) is 0. The molecular weight excluding hydrogens is 230 g/mol. The molecule has 2 aliphatic heterocycles. The van der Waals surface area contributed by atoms with Gasteiger partial charge in [-0.3, -0.25) is 4.90 Å². The standard InChI is InChI=1S/C14H19NO3/c1-16-13-4-2-3-12(9-13)10-15-6-5-14(11-15)17-7-8-18-14/h2-4,9H,5-8,10-11H2,1H3. The Kier molecular flexibility index (Phi) is 3.24. The normalized spacial score (nSPS) is 22.7. The van der Waals surface area contributed by atoms with Crippen molar-refractivity contribution in [2.75, 3.05) is 33.4 Å². The molecule has 0 radical (unpaired) electrons. The lowest BCUT2D eigenvalue weighted by Crippen LogP contribution is -2.34. The highest BCUT2D eigenvalue weighted by Gasteiger charge is 2.42. The first-order valence-corrected chi connectivity index (χ1v) is 6.43. The Hall–Kier alpha value is -1.10. The number of hydrogen-bond donors (Lipinski definition) is 0.